The topological polar surface area (TPSA) is 279 Å². The Kier molecular flexibility index (Phi) is 30.8. The molecular weight excluding hydrogens is 1370 g/mol. The third-order valence-corrected chi connectivity index (χ3v) is 25.3. The van der Waals surface area contributed by atoms with E-state index in [-0.39, 0.29) is 93.8 Å². The Morgan fingerprint density at radius 3 is 1.91 bits per heavy atom. The van der Waals surface area contributed by atoms with E-state index in [1.165, 1.54) is 81.5 Å². The van der Waals surface area contributed by atoms with Gasteiger partial charge in [0.2, 0.25) is 70.9 Å². The van der Waals surface area contributed by atoms with Gasteiger partial charge in [0.1, 0.15) is 59.9 Å². The standard InChI is InChI=1S/C77H126Cl2N12O13/c1-17-26-56-66(94)81-64(48(7)18-2)73(101)89-38-25-28-58(89)71(99)86(14)57-27-23-22-24-37-90(72(57)100)61(40-50-31-29-47(6)30-32-50)70(98)84(12)44-62(92)80-55(36-34-49-33-35-53(78)54(79)39-49)68(96)91-43-52(104-21-5)41-59(91)67(95)82-77(45-76(8,9)46-77)75(103)88(16)65(51(19-3)20-4)74(102)87(15)60(69(97)83(10)11)42-63(93)85(56)13/h22-23,47-61,64-65H,17-21,24-46H2,1-16H3,(H,80,92)(H,81,94)(H,82,95)/b23-22-/t47?,48-,49?,50?,52+,53?,54?,55-,56-,57-,58-,59-,60-,61-,64-,65-/m0/s1. The van der Waals surface area contributed by atoms with Crippen molar-refractivity contribution in [3.63, 3.8) is 0 Å². The van der Waals surface area contributed by atoms with Crippen molar-refractivity contribution in [2.24, 2.45) is 35.0 Å². The molecule has 1 spiro atoms. The van der Waals surface area contributed by atoms with E-state index in [1.807, 2.05) is 67.5 Å². The van der Waals surface area contributed by atoms with Gasteiger partial charge < -0.3 is 64.8 Å². The lowest BCUT2D eigenvalue weighted by atomic mass is 9.58. The van der Waals surface area contributed by atoms with Crippen molar-refractivity contribution in [2.45, 2.75) is 287 Å². The van der Waals surface area contributed by atoms with Crippen molar-refractivity contribution >= 4 is 94.1 Å². The number of amides is 12. The van der Waals surface area contributed by atoms with Crippen LogP contribution in [-0.4, -0.2) is 274 Å². The van der Waals surface area contributed by atoms with Gasteiger partial charge in [0.05, 0.1) is 24.4 Å². The number of nitrogens with one attached hydrogen (secondary N) is 3. The monoisotopic (exact) mass is 1500 g/mol. The molecule has 3 saturated carbocycles. The molecule has 4 heterocycles. The summed E-state index contributed by atoms with van der Waals surface area (Å²) in [6.07, 6.45) is 12.4. The Morgan fingerprint density at radius 2 is 1.31 bits per heavy atom. The highest BCUT2D eigenvalue weighted by Crippen LogP contribution is 2.50. The van der Waals surface area contributed by atoms with Crippen LogP contribution in [0.3, 0.4) is 0 Å². The molecule has 14 atom stereocenters. The predicted molar refractivity (Wildman–Crippen MR) is 399 cm³/mol. The maximum Gasteiger partial charge on any atom is 0.248 e. The van der Waals surface area contributed by atoms with Gasteiger partial charge >= 0.3 is 0 Å². The molecule has 3 saturated heterocycles. The molecule has 0 radical (unpaired) electrons. The Hall–Kier alpha value is -6.08. The molecule has 3 N–H and O–H groups in total. The average Bonchev–Trinajstić information content (AvgIpc) is 0.752. The molecule has 7 rings (SSSR count). The molecular formula is C77H126Cl2N12O13. The Balaban J connectivity index is 1.34. The van der Waals surface area contributed by atoms with E-state index in [9.17, 15) is 19.2 Å². The summed E-state index contributed by atoms with van der Waals surface area (Å²) in [6, 6.07) is -10.6. The maximum atomic E-state index is 15.8. The number of halogens is 2. The maximum absolute atomic E-state index is 15.8. The first-order valence-corrected chi connectivity index (χ1v) is 39.9. The van der Waals surface area contributed by atoms with Crippen LogP contribution in [0.2, 0.25) is 0 Å². The molecule has 3 aliphatic carbocycles. The number of hydrogen-bond acceptors (Lipinski definition) is 13. The van der Waals surface area contributed by atoms with E-state index >= 15 is 38.4 Å². The highest BCUT2D eigenvalue weighted by molar-refractivity contribution is 6.30. The number of carbonyl (C=O) groups is 12. The normalized spacial score (nSPS) is 32.5. The second kappa shape index (κ2) is 37.6. The van der Waals surface area contributed by atoms with E-state index in [0.717, 1.165) is 32.1 Å². The van der Waals surface area contributed by atoms with Crippen LogP contribution in [0.1, 0.15) is 210 Å². The molecule has 104 heavy (non-hydrogen) atoms. The van der Waals surface area contributed by atoms with Gasteiger partial charge in [0, 0.05) is 87.4 Å². The summed E-state index contributed by atoms with van der Waals surface area (Å²) >= 11 is 13.4. The summed E-state index contributed by atoms with van der Waals surface area (Å²) in [7, 11) is 10.4. The fourth-order valence-corrected chi connectivity index (χ4v) is 18.3. The summed E-state index contributed by atoms with van der Waals surface area (Å²) in [5, 5.41) is 8.61. The first-order valence-electron chi connectivity index (χ1n) is 39.0. The van der Waals surface area contributed by atoms with Gasteiger partial charge in [-0.2, -0.15) is 0 Å². The number of ether oxygens (including phenoxy) is 1. The molecule has 27 heteroatoms. The zero-order valence-corrected chi connectivity index (χ0v) is 66.9. The first-order chi connectivity index (χ1) is 49.1. The summed E-state index contributed by atoms with van der Waals surface area (Å²) in [6.45, 7) is 17.3. The molecule has 2 bridgehead atoms. The predicted octanol–water partition coefficient (Wildman–Crippen LogP) is 6.73. The second-order valence-electron chi connectivity index (χ2n) is 32.6. The lowest BCUT2D eigenvalue weighted by molar-refractivity contribution is -0.161. The number of likely N-dealkylation sites (N-methyl/N-ethyl adjacent to an activating group) is 6. The van der Waals surface area contributed by atoms with Gasteiger partial charge in [-0.1, -0.05) is 119 Å². The van der Waals surface area contributed by atoms with Gasteiger partial charge in [-0.25, -0.2) is 0 Å². The number of hydrogen-bond donors (Lipinski definition) is 3. The number of alkyl halides is 2. The lowest BCUT2D eigenvalue weighted by Crippen LogP contribution is -2.71. The van der Waals surface area contributed by atoms with E-state index in [4.69, 9.17) is 27.9 Å². The third-order valence-electron chi connectivity index (χ3n) is 24.2. The van der Waals surface area contributed by atoms with Gasteiger partial charge in [0.15, 0.2) is 0 Å². The summed E-state index contributed by atoms with van der Waals surface area (Å²) in [5.41, 5.74) is -2.07. The summed E-state index contributed by atoms with van der Waals surface area (Å²) < 4.78 is 6.18. The smallest absolute Gasteiger partial charge is 0.248 e. The minimum Gasteiger partial charge on any atom is -0.377 e. The molecule has 25 nitrogen and oxygen atoms in total. The number of nitrogens with zero attached hydrogens (tertiary/aromatic N) is 9. The number of fused-ring (bicyclic) bond motifs is 4. The van der Waals surface area contributed by atoms with Crippen molar-refractivity contribution in [3.8, 4) is 0 Å². The molecule has 0 aromatic rings. The Morgan fingerprint density at radius 1 is 0.644 bits per heavy atom. The minimum atomic E-state index is -1.59. The van der Waals surface area contributed by atoms with Gasteiger partial charge in [-0.15, -0.1) is 23.2 Å². The molecule has 586 valence electrons. The Labute approximate surface area is 629 Å². The highest BCUT2D eigenvalue weighted by atomic mass is 35.5. The van der Waals surface area contributed by atoms with Crippen molar-refractivity contribution in [2.75, 3.05) is 82.1 Å². The zero-order chi connectivity index (χ0) is 77.0. The van der Waals surface area contributed by atoms with E-state index in [0.29, 0.717) is 70.1 Å². The molecule has 12 amide bonds. The second-order valence-corrected chi connectivity index (χ2v) is 33.7. The fourth-order valence-electron chi connectivity index (χ4n) is 17.7. The molecule has 6 fully saturated rings. The van der Waals surface area contributed by atoms with Crippen LogP contribution in [0.25, 0.3) is 0 Å². The van der Waals surface area contributed by atoms with Crippen LogP contribution in [-0.2, 0) is 62.3 Å². The van der Waals surface area contributed by atoms with Crippen LogP contribution in [0, 0.1) is 35.0 Å². The first kappa shape index (κ1) is 85.2. The minimum absolute atomic E-state index is 0.0314. The quantitative estimate of drug-likeness (QED) is 0.113. The van der Waals surface area contributed by atoms with Crippen LogP contribution in [0.15, 0.2) is 12.2 Å². The van der Waals surface area contributed by atoms with E-state index in [2.05, 4.69) is 22.9 Å². The molecule has 0 aromatic heterocycles. The third kappa shape index (κ3) is 20.2. The van der Waals surface area contributed by atoms with Gasteiger partial charge in [-0.05, 0) is 125 Å². The van der Waals surface area contributed by atoms with Crippen LogP contribution in [0.5, 0.6) is 0 Å². The molecule has 7 aliphatic rings. The average molecular weight is 1500 g/mol. The Bertz CT molecular complexity index is 3080. The van der Waals surface area contributed by atoms with Gasteiger partial charge in [0.25, 0.3) is 0 Å². The van der Waals surface area contributed by atoms with Crippen molar-refractivity contribution in [1.29, 1.82) is 0 Å². The van der Waals surface area contributed by atoms with Crippen LogP contribution >= 0.6 is 23.2 Å². The van der Waals surface area contributed by atoms with Crippen molar-refractivity contribution < 1.29 is 62.3 Å². The summed E-state index contributed by atoms with van der Waals surface area (Å²) in [4.78, 5) is 196. The largest absolute Gasteiger partial charge is 0.377 e. The van der Waals surface area contributed by atoms with E-state index < -0.39 is 167 Å². The zero-order valence-electron chi connectivity index (χ0n) is 65.4. The molecule has 3 unspecified atom stereocenters. The van der Waals surface area contributed by atoms with Crippen molar-refractivity contribution in [1.82, 2.24) is 60.0 Å². The van der Waals surface area contributed by atoms with Gasteiger partial charge in [-0.3, -0.25) is 57.5 Å². The van der Waals surface area contributed by atoms with Crippen LogP contribution < -0.4 is 16.0 Å². The van der Waals surface area contributed by atoms with Crippen molar-refractivity contribution in [3.05, 3.63) is 12.2 Å². The summed E-state index contributed by atoms with van der Waals surface area (Å²) in [5.74, 6) is -7.29. The van der Waals surface area contributed by atoms with Crippen LogP contribution in [0.4, 0.5) is 0 Å². The lowest BCUT2D eigenvalue weighted by Gasteiger charge is -2.54. The van der Waals surface area contributed by atoms with E-state index in [1.54, 1.807) is 11.9 Å². The SMILES string of the molecule is CCC[C@H]1C(=O)N[C@@H]([C@@H](C)CC)C(=O)N2CCC[C@H]2C(=O)N(C)[C@H]2C/C=C\CCN(C2=O)[C@@H](CC2CCC(C)CC2)C(=O)N(C)CC(=O)N[C@@H](CCC2CCC(Cl)C(Cl)C2)C(=O)N2C[C@H](OCC)C[C@H]2C(=O)NC2(CC(C)(C)C2)C(=O)N(C)[C@@H](C(CC)CC)C(=O)N(C)[C@H](C(=O)N(C)C)CC(=O)N1C. The number of rotatable bonds is 15. The molecule has 4 aliphatic heterocycles. The molecule has 0 aromatic carbocycles. The number of carbonyl (C=O) groups excluding carboxylic acids is 12. The highest BCUT2D eigenvalue weighted by Gasteiger charge is 2.59. The fraction of sp³-hybridized carbons (Fsp3) is 0.818.